The maximum Gasteiger partial charge on any atom is 0.137 e. The van der Waals surface area contributed by atoms with Crippen molar-refractivity contribution in [2.24, 2.45) is 0 Å². The molecule has 0 saturated carbocycles. The maximum absolute atomic E-state index is 6.50. The highest BCUT2D eigenvalue weighted by molar-refractivity contribution is 6.12. The first-order valence-corrected chi connectivity index (χ1v) is 15.9. The Bertz CT molecular complexity index is 2640. The van der Waals surface area contributed by atoms with Crippen LogP contribution in [0.15, 0.2) is 173 Å². The lowest BCUT2D eigenvalue weighted by Gasteiger charge is -2.25. The molecule has 10 aromatic rings. The lowest BCUT2D eigenvalue weighted by atomic mass is 10.0. The molecule has 47 heavy (non-hydrogen) atoms. The minimum Gasteiger partial charge on any atom is -0.456 e. The summed E-state index contributed by atoms with van der Waals surface area (Å²) in [6, 6.07) is 57.9. The van der Waals surface area contributed by atoms with Crippen molar-refractivity contribution in [3.8, 4) is 11.1 Å². The van der Waals surface area contributed by atoms with E-state index in [1.807, 2.05) is 6.07 Å². The fourth-order valence-electron chi connectivity index (χ4n) is 7.06. The van der Waals surface area contributed by atoms with Crippen molar-refractivity contribution in [3.63, 3.8) is 0 Å². The van der Waals surface area contributed by atoms with Gasteiger partial charge in [-0.3, -0.25) is 0 Å². The van der Waals surface area contributed by atoms with Crippen LogP contribution in [0.1, 0.15) is 0 Å². The average molecular weight is 602 g/mol. The molecule has 220 valence electrons. The second-order valence-electron chi connectivity index (χ2n) is 12.2. The van der Waals surface area contributed by atoms with Gasteiger partial charge in [-0.25, -0.2) is 0 Å². The van der Waals surface area contributed by atoms with Gasteiger partial charge in [-0.2, -0.15) is 0 Å². The maximum atomic E-state index is 6.50. The smallest absolute Gasteiger partial charge is 0.137 e. The van der Waals surface area contributed by atoms with Gasteiger partial charge in [-0.15, -0.1) is 0 Å². The SMILES string of the molecule is c1ccc(-c2ccc(N(c3ccc4c(c3)oc3cc5ccccc5cc34)c3ccc4c(c3)oc3cc5ccccc5cc34)cc2)cc1. The van der Waals surface area contributed by atoms with Crippen molar-refractivity contribution in [2.75, 3.05) is 4.90 Å². The zero-order chi connectivity index (χ0) is 30.9. The second kappa shape index (κ2) is 10.1. The number of anilines is 3. The van der Waals surface area contributed by atoms with E-state index in [0.717, 1.165) is 60.9 Å². The topological polar surface area (TPSA) is 29.5 Å². The summed E-state index contributed by atoms with van der Waals surface area (Å²) in [5, 5.41) is 9.22. The Morgan fingerprint density at radius 1 is 0.298 bits per heavy atom. The number of rotatable bonds is 4. The summed E-state index contributed by atoms with van der Waals surface area (Å²) < 4.78 is 13.0. The molecule has 0 bridgehead atoms. The molecule has 0 atom stereocenters. The molecule has 0 aliphatic rings. The molecule has 10 rings (SSSR count). The van der Waals surface area contributed by atoms with Gasteiger partial charge in [0.05, 0.1) is 0 Å². The summed E-state index contributed by atoms with van der Waals surface area (Å²) in [6.07, 6.45) is 0. The molecule has 2 aromatic heterocycles. The van der Waals surface area contributed by atoms with Crippen LogP contribution in [0.2, 0.25) is 0 Å². The van der Waals surface area contributed by atoms with Crippen LogP contribution in [0.3, 0.4) is 0 Å². The van der Waals surface area contributed by atoms with Crippen LogP contribution < -0.4 is 4.90 Å². The van der Waals surface area contributed by atoms with Crippen molar-refractivity contribution >= 4 is 82.5 Å². The van der Waals surface area contributed by atoms with Crippen LogP contribution in [0.25, 0.3) is 76.5 Å². The highest BCUT2D eigenvalue weighted by Gasteiger charge is 2.18. The third-order valence-corrected chi connectivity index (χ3v) is 9.40. The lowest BCUT2D eigenvalue weighted by molar-refractivity contribution is 0.669. The third kappa shape index (κ3) is 4.21. The number of hydrogen-bond acceptors (Lipinski definition) is 3. The molecule has 0 amide bonds. The van der Waals surface area contributed by atoms with Crippen LogP contribution >= 0.6 is 0 Å². The molecule has 0 radical (unpaired) electrons. The quantitative estimate of drug-likeness (QED) is 0.201. The Morgan fingerprint density at radius 2 is 0.702 bits per heavy atom. The van der Waals surface area contributed by atoms with Crippen LogP contribution in [0.4, 0.5) is 17.1 Å². The van der Waals surface area contributed by atoms with Gasteiger partial charge in [0.25, 0.3) is 0 Å². The number of hydrogen-bond donors (Lipinski definition) is 0. The Balaban J connectivity index is 1.15. The largest absolute Gasteiger partial charge is 0.456 e. The normalized spacial score (nSPS) is 11.8. The molecule has 8 aromatic carbocycles. The van der Waals surface area contributed by atoms with Gasteiger partial charge in [-0.1, -0.05) is 91.0 Å². The fraction of sp³-hybridized carbons (Fsp3) is 0. The first kappa shape index (κ1) is 26.0. The van der Waals surface area contributed by atoms with Gasteiger partial charge in [0, 0.05) is 50.7 Å². The fourth-order valence-corrected chi connectivity index (χ4v) is 7.06. The first-order valence-electron chi connectivity index (χ1n) is 15.9. The number of nitrogens with zero attached hydrogens (tertiary/aromatic N) is 1. The highest BCUT2D eigenvalue weighted by Crippen LogP contribution is 2.42. The van der Waals surface area contributed by atoms with Crippen molar-refractivity contribution in [1.82, 2.24) is 0 Å². The summed E-state index contributed by atoms with van der Waals surface area (Å²) in [4.78, 5) is 2.28. The summed E-state index contributed by atoms with van der Waals surface area (Å²) in [6.45, 7) is 0. The van der Waals surface area contributed by atoms with E-state index in [0.29, 0.717) is 0 Å². The van der Waals surface area contributed by atoms with Crippen LogP contribution in [-0.4, -0.2) is 0 Å². The van der Waals surface area contributed by atoms with E-state index in [1.54, 1.807) is 0 Å². The predicted molar refractivity (Wildman–Crippen MR) is 196 cm³/mol. The van der Waals surface area contributed by atoms with E-state index in [1.165, 1.54) is 32.7 Å². The standard InChI is InChI=1S/C44H27NO2/c1-2-8-28(9-3-1)29-14-16-34(17-15-29)45(35-18-20-37-39-22-30-10-4-6-12-32(30)24-41(39)46-43(37)26-35)36-19-21-38-40-23-31-11-5-7-13-33(31)25-42(40)47-44(38)27-36/h1-27H. The minimum atomic E-state index is 0.857. The lowest BCUT2D eigenvalue weighted by Crippen LogP contribution is -2.09. The van der Waals surface area contributed by atoms with Crippen LogP contribution in [0, 0.1) is 0 Å². The van der Waals surface area contributed by atoms with Gasteiger partial charge >= 0.3 is 0 Å². The Morgan fingerprint density at radius 3 is 1.21 bits per heavy atom. The predicted octanol–water partition coefficient (Wildman–Crippen LogP) is 12.9. The molecule has 0 unspecified atom stereocenters. The molecule has 0 spiro atoms. The van der Waals surface area contributed by atoms with E-state index < -0.39 is 0 Å². The Kier molecular flexibility index (Phi) is 5.57. The van der Waals surface area contributed by atoms with Crippen molar-refractivity contribution in [1.29, 1.82) is 0 Å². The van der Waals surface area contributed by atoms with Gasteiger partial charge in [0.2, 0.25) is 0 Å². The van der Waals surface area contributed by atoms with Crippen LogP contribution in [0.5, 0.6) is 0 Å². The molecule has 0 saturated heterocycles. The molecule has 0 N–H and O–H groups in total. The van der Waals surface area contributed by atoms with E-state index in [9.17, 15) is 0 Å². The summed E-state index contributed by atoms with van der Waals surface area (Å²) >= 11 is 0. The number of benzene rings is 8. The molecule has 0 aliphatic carbocycles. The van der Waals surface area contributed by atoms with E-state index in [2.05, 4.69) is 163 Å². The zero-order valence-electron chi connectivity index (χ0n) is 25.4. The van der Waals surface area contributed by atoms with E-state index >= 15 is 0 Å². The third-order valence-electron chi connectivity index (χ3n) is 9.40. The Hall–Kier alpha value is -6.32. The zero-order valence-corrected chi connectivity index (χ0v) is 25.4. The summed E-state index contributed by atoms with van der Waals surface area (Å²) in [5.41, 5.74) is 8.94. The van der Waals surface area contributed by atoms with Gasteiger partial charge in [-0.05, 0) is 93.3 Å². The average Bonchev–Trinajstić information content (AvgIpc) is 3.66. The van der Waals surface area contributed by atoms with Gasteiger partial charge < -0.3 is 13.7 Å². The first-order chi connectivity index (χ1) is 23.2. The summed E-state index contributed by atoms with van der Waals surface area (Å²) in [5.74, 6) is 0. The molecular formula is C44H27NO2. The van der Waals surface area contributed by atoms with Gasteiger partial charge in [0.15, 0.2) is 0 Å². The number of furan rings is 2. The molecule has 2 heterocycles. The summed E-state index contributed by atoms with van der Waals surface area (Å²) in [7, 11) is 0. The van der Waals surface area contributed by atoms with Crippen molar-refractivity contribution in [3.05, 3.63) is 164 Å². The van der Waals surface area contributed by atoms with Gasteiger partial charge in [0.1, 0.15) is 22.3 Å². The minimum absolute atomic E-state index is 0.857. The van der Waals surface area contributed by atoms with Crippen molar-refractivity contribution in [2.45, 2.75) is 0 Å². The molecule has 0 fully saturated rings. The molecule has 3 nitrogen and oxygen atoms in total. The monoisotopic (exact) mass is 601 g/mol. The second-order valence-corrected chi connectivity index (χ2v) is 12.2. The molecule has 3 heteroatoms. The number of fused-ring (bicyclic) bond motifs is 8. The van der Waals surface area contributed by atoms with Crippen molar-refractivity contribution < 1.29 is 8.83 Å². The highest BCUT2D eigenvalue weighted by atomic mass is 16.3. The van der Waals surface area contributed by atoms with E-state index in [-0.39, 0.29) is 0 Å². The van der Waals surface area contributed by atoms with Crippen LogP contribution in [-0.2, 0) is 0 Å². The molecule has 0 aliphatic heterocycles. The van der Waals surface area contributed by atoms with E-state index in [4.69, 9.17) is 8.83 Å². The molecular weight excluding hydrogens is 574 g/mol. The Labute approximate surface area is 270 Å².